The number of hydrogen-bond donors (Lipinski definition) is 1. The van der Waals surface area contributed by atoms with E-state index in [9.17, 15) is 13.2 Å². The molecule has 1 aliphatic heterocycles. The molecule has 1 unspecified atom stereocenters. The molecular weight excluding hydrogens is 328 g/mol. The standard InChI is InChI=1S/C16H20N4O3S/c1-12-15(10-19-20(12)14-6-9-24(22,23)11-14)16(21)18-8-5-13-4-2-3-7-17-13/h2-4,7,10,14H,5-6,8-9,11H2,1H3,(H,18,21). The van der Waals surface area contributed by atoms with Crippen molar-refractivity contribution < 1.29 is 13.2 Å². The Morgan fingerprint density at radius 2 is 2.25 bits per heavy atom. The molecule has 0 aliphatic carbocycles. The van der Waals surface area contributed by atoms with Crippen LogP contribution in [0.5, 0.6) is 0 Å². The van der Waals surface area contributed by atoms with Crippen molar-refractivity contribution in [2.75, 3.05) is 18.1 Å². The summed E-state index contributed by atoms with van der Waals surface area (Å²) in [6.45, 7) is 2.28. The van der Waals surface area contributed by atoms with E-state index in [-0.39, 0.29) is 23.5 Å². The van der Waals surface area contributed by atoms with Crippen LogP contribution in [-0.2, 0) is 16.3 Å². The fraction of sp³-hybridized carbons (Fsp3) is 0.438. The van der Waals surface area contributed by atoms with Gasteiger partial charge in [-0.15, -0.1) is 0 Å². The van der Waals surface area contributed by atoms with Gasteiger partial charge < -0.3 is 5.32 Å². The van der Waals surface area contributed by atoms with E-state index in [1.54, 1.807) is 17.8 Å². The Labute approximate surface area is 141 Å². The minimum absolute atomic E-state index is 0.0935. The molecule has 7 nitrogen and oxygen atoms in total. The van der Waals surface area contributed by atoms with Crippen LogP contribution in [0.25, 0.3) is 0 Å². The molecule has 1 N–H and O–H groups in total. The van der Waals surface area contributed by atoms with Crippen molar-refractivity contribution in [3.8, 4) is 0 Å². The smallest absolute Gasteiger partial charge is 0.254 e. The highest BCUT2D eigenvalue weighted by Gasteiger charge is 2.31. The molecular formula is C16H20N4O3S. The summed E-state index contributed by atoms with van der Waals surface area (Å²) >= 11 is 0. The summed E-state index contributed by atoms with van der Waals surface area (Å²) in [6, 6.07) is 5.50. The highest BCUT2D eigenvalue weighted by atomic mass is 32.2. The van der Waals surface area contributed by atoms with Crippen LogP contribution < -0.4 is 5.32 Å². The van der Waals surface area contributed by atoms with Crippen molar-refractivity contribution in [3.63, 3.8) is 0 Å². The van der Waals surface area contributed by atoms with Gasteiger partial charge in [0.2, 0.25) is 0 Å². The fourth-order valence-corrected chi connectivity index (χ4v) is 4.62. The zero-order valence-electron chi connectivity index (χ0n) is 13.5. The number of aromatic nitrogens is 3. The summed E-state index contributed by atoms with van der Waals surface area (Å²) in [5.41, 5.74) is 2.11. The minimum Gasteiger partial charge on any atom is -0.352 e. The second-order valence-corrected chi connectivity index (χ2v) is 8.20. The van der Waals surface area contributed by atoms with E-state index in [0.717, 1.165) is 5.69 Å². The number of amides is 1. The Morgan fingerprint density at radius 3 is 2.92 bits per heavy atom. The summed E-state index contributed by atoms with van der Waals surface area (Å²) < 4.78 is 24.9. The first-order chi connectivity index (χ1) is 11.5. The van der Waals surface area contributed by atoms with Gasteiger partial charge in [0.25, 0.3) is 5.91 Å². The second kappa shape index (κ2) is 6.72. The van der Waals surface area contributed by atoms with Gasteiger partial charge in [-0.2, -0.15) is 5.10 Å². The molecule has 1 amide bonds. The Balaban J connectivity index is 1.62. The molecule has 0 radical (unpaired) electrons. The first-order valence-corrected chi connectivity index (χ1v) is 9.71. The lowest BCUT2D eigenvalue weighted by atomic mass is 10.2. The maximum absolute atomic E-state index is 12.3. The quantitative estimate of drug-likeness (QED) is 0.867. The third-order valence-electron chi connectivity index (χ3n) is 4.24. The van der Waals surface area contributed by atoms with E-state index in [1.807, 2.05) is 18.2 Å². The van der Waals surface area contributed by atoms with Crippen LogP contribution in [0.4, 0.5) is 0 Å². The Kier molecular flexibility index (Phi) is 4.66. The number of nitrogens with zero attached hydrogens (tertiary/aromatic N) is 3. The van der Waals surface area contributed by atoms with Gasteiger partial charge in [-0.3, -0.25) is 14.5 Å². The topological polar surface area (TPSA) is 93.9 Å². The van der Waals surface area contributed by atoms with Gasteiger partial charge >= 0.3 is 0 Å². The Hall–Kier alpha value is -2.22. The molecule has 128 valence electrons. The highest BCUT2D eigenvalue weighted by molar-refractivity contribution is 7.91. The summed E-state index contributed by atoms with van der Waals surface area (Å²) in [6.07, 6.45) is 4.43. The number of carbonyl (C=O) groups is 1. The number of sulfone groups is 1. The van der Waals surface area contributed by atoms with Crippen LogP contribution >= 0.6 is 0 Å². The summed E-state index contributed by atoms with van der Waals surface area (Å²) in [5.74, 6) is 0.0780. The van der Waals surface area contributed by atoms with Crippen LogP contribution in [0.15, 0.2) is 30.6 Å². The maximum Gasteiger partial charge on any atom is 0.254 e. The molecule has 2 aromatic heterocycles. The lowest BCUT2D eigenvalue weighted by molar-refractivity contribution is 0.0953. The van der Waals surface area contributed by atoms with E-state index < -0.39 is 9.84 Å². The number of hydrogen-bond acceptors (Lipinski definition) is 5. The molecule has 1 atom stereocenters. The molecule has 0 spiro atoms. The lowest BCUT2D eigenvalue weighted by Gasteiger charge is -2.11. The molecule has 1 fully saturated rings. The number of pyridine rings is 1. The normalized spacial score (nSPS) is 19.3. The third kappa shape index (κ3) is 3.64. The van der Waals surface area contributed by atoms with Crippen LogP contribution in [0.1, 0.15) is 34.2 Å². The first kappa shape index (κ1) is 16.6. The fourth-order valence-electron chi connectivity index (χ4n) is 2.93. The van der Waals surface area contributed by atoms with Crippen LogP contribution in [0.2, 0.25) is 0 Å². The Bertz CT molecular complexity index is 830. The molecule has 24 heavy (non-hydrogen) atoms. The van der Waals surface area contributed by atoms with E-state index in [0.29, 0.717) is 30.6 Å². The summed E-state index contributed by atoms with van der Waals surface area (Å²) in [7, 11) is -2.98. The lowest BCUT2D eigenvalue weighted by Crippen LogP contribution is -2.26. The number of nitrogens with one attached hydrogen (secondary N) is 1. The van der Waals surface area contributed by atoms with E-state index >= 15 is 0 Å². The third-order valence-corrected chi connectivity index (χ3v) is 5.99. The van der Waals surface area contributed by atoms with Gasteiger partial charge in [0.1, 0.15) is 0 Å². The van der Waals surface area contributed by atoms with Crippen molar-refractivity contribution in [1.29, 1.82) is 0 Å². The first-order valence-electron chi connectivity index (χ1n) is 7.89. The molecule has 1 saturated heterocycles. The molecule has 0 bridgehead atoms. The van der Waals surface area contributed by atoms with E-state index in [1.165, 1.54) is 6.20 Å². The average molecular weight is 348 g/mol. The molecule has 8 heteroatoms. The van der Waals surface area contributed by atoms with Crippen molar-refractivity contribution in [2.45, 2.75) is 25.8 Å². The predicted octanol–water partition coefficient (Wildman–Crippen LogP) is 0.919. The van der Waals surface area contributed by atoms with Crippen LogP contribution in [0, 0.1) is 6.92 Å². The van der Waals surface area contributed by atoms with E-state index in [2.05, 4.69) is 15.4 Å². The summed E-state index contributed by atoms with van der Waals surface area (Å²) in [4.78, 5) is 16.5. The Morgan fingerprint density at radius 1 is 1.42 bits per heavy atom. The van der Waals surface area contributed by atoms with Gasteiger partial charge in [0, 0.05) is 30.6 Å². The highest BCUT2D eigenvalue weighted by Crippen LogP contribution is 2.25. The van der Waals surface area contributed by atoms with Crippen LogP contribution in [-0.4, -0.2) is 47.1 Å². The number of carbonyl (C=O) groups excluding carboxylic acids is 1. The number of rotatable bonds is 5. The average Bonchev–Trinajstić information content (AvgIpc) is 3.10. The largest absolute Gasteiger partial charge is 0.352 e. The van der Waals surface area contributed by atoms with Gasteiger partial charge in [-0.25, -0.2) is 8.42 Å². The van der Waals surface area contributed by atoms with Crippen molar-refractivity contribution in [3.05, 3.63) is 47.5 Å². The zero-order valence-corrected chi connectivity index (χ0v) is 14.3. The van der Waals surface area contributed by atoms with Gasteiger partial charge in [0.05, 0.1) is 29.3 Å². The van der Waals surface area contributed by atoms with Gasteiger partial charge in [0.15, 0.2) is 9.84 Å². The predicted molar refractivity (Wildman–Crippen MR) is 89.5 cm³/mol. The van der Waals surface area contributed by atoms with Crippen molar-refractivity contribution in [1.82, 2.24) is 20.1 Å². The van der Waals surface area contributed by atoms with Crippen LogP contribution in [0.3, 0.4) is 0 Å². The van der Waals surface area contributed by atoms with E-state index in [4.69, 9.17) is 0 Å². The molecule has 3 heterocycles. The van der Waals surface area contributed by atoms with Gasteiger partial charge in [-0.1, -0.05) is 6.07 Å². The summed E-state index contributed by atoms with van der Waals surface area (Å²) in [5, 5.41) is 7.09. The minimum atomic E-state index is -2.98. The van der Waals surface area contributed by atoms with Crippen molar-refractivity contribution in [2.24, 2.45) is 0 Å². The molecule has 0 aromatic carbocycles. The second-order valence-electron chi connectivity index (χ2n) is 5.97. The monoisotopic (exact) mass is 348 g/mol. The molecule has 3 rings (SSSR count). The van der Waals surface area contributed by atoms with Crippen molar-refractivity contribution >= 4 is 15.7 Å². The molecule has 2 aromatic rings. The maximum atomic E-state index is 12.3. The molecule has 1 aliphatic rings. The molecule has 0 saturated carbocycles. The zero-order chi connectivity index (χ0) is 17.2. The van der Waals surface area contributed by atoms with Gasteiger partial charge in [-0.05, 0) is 25.5 Å². The SMILES string of the molecule is Cc1c(C(=O)NCCc2ccccn2)cnn1C1CCS(=O)(=O)C1.